The number of hydrogen-bond donors (Lipinski definition) is 0. The highest BCUT2D eigenvalue weighted by Crippen LogP contribution is 2.24. The van der Waals surface area contributed by atoms with Gasteiger partial charge in [-0.25, -0.2) is 4.68 Å². The van der Waals surface area contributed by atoms with E-state index < -0.39 is 0 Å². The lowest BCUT2D eigenvalue weighted by Crippen LogP contribution is -2.39. The van der Waals surface area contributed by atoms with Crippen LogP contribution in [-0.4, -0.2) is 32.6 Å². The molecular formula is C15H21N5. The van der Waals surface area contributed by atoms with Gasteiger partial charge in [0.25, 0.3) is 0 Å². The Morgan fingerprint density at radius 3 is 2.60 bits per heavy atom. The fourth-order valence-electron chi connectivity index (χ4n) is 2.86. The van der Waals surface area contributed by atoms with E-state index in [1.165, 1.54) is 25.7 Å². The van der Waals surface area contributed by atoms with Crippen LogP contribution in [0.4, 0.5) is 5.82 Å². The van der Waals surface area contributed by atoms with Crippen LogP contribution in [0.3, 0.4) is 0 Å². The first-order chi connectivity index (χ1) is 9.78. The van der Waals surface area contributed by atoms with Gasteiger partial charge in [-0.3, -0.25) is 0 Å². The Bertz CT molecular complexity index is 560. The minimum Gasteiger partial charge on any atom is -0.352 e. The molecule has 0 saturated carbocycles. The van der Waals surface area contributed by atoms with Gasteiger partial charge in [-0.15, -0.1) is 10.2 Å². The van der Waals surface area contributed by atoms with Crippen LogP contribution >= 0.6 is 0 Å². The zero-order chi connectivity index (χ0) is 13.9. The van der Waals surface area contributed by atoms with E-state index in [1.807, 2.05) is 25.3 Å². The van der Waals surface area contributed by atoms with E-state index >= 15 is 0 Å². The zero-order valence-electron chi connectivity index (χ0n) is 12.2. The van der Waals surface area contributed by atoms with Crippen LogP contribution in [0.2, 0.25) is 0 Å². The maximum Gasteiger partial charge on any atom is 0.175 e. The highest BCUT2D eigenvalue weighted by Gasteiger charge is 2.22. The molecule has 0 aromatic carbocycles. The van der Waals surface area contributed by atoms with Crippen molar-refractivity contribution in [3.63, 3.8) is 0 Å². The lowest BCUT2D eigenvalue weighted by Gasteiger charge is -2.35. The van der Waals surface area contributed by atoms with Gasteiger partial charge < -0.3 is 4.90 Å². The van der Waals surface area contributed by atoms with Gasteiger partial charge in [-0.05, 0) is 50.8 Å². The lowest BCUT2D eigenvalue weighted by molar-refractivity contribution is 0.445. The summed E-state index contributed by atoms with van der Waals surface area (Å²) in [6.07, 6.45) is 6.92. The first kappa shape index (κ1) is 13.1. The van der Waals surface area contributed by atoms with Gasteiger partial charge in [0.1, 0.15) is 0 Å². The van der Waals surface area contributed by atoms with E-state index in [9.17, 15) is 0 Å². The summed E-state index contributed by atoms with van der Waals surface area (Å²) in [5.41, 5.74) is 0.984. The van der Waals surface area contributed by atoms with E-state index in [2.05, 4.69) is 33.2 Å². The molecule has 0 bridgehead atoms. The van der Waals surface area contributed by atoms with Gasteiger partial charge >= 0.3 is 0 Å². The summed E-state index contributed by atoms with van der Waals surface area (Å²) in [4.78, 5) is 2.40. The van der Waals surface area contributed by atoms with Crippen molar-refractivity contribution in [2.75, 3.05) is 11.4 Å². The molecule has 1 unspecified atom stereocenters. The molecule has 106 valence electrons. The highest BCUT2D eigenvalue weighted by molar-refractivity contribution is 5.41. The van der Waals surface area contributed by atoms with Crippen LogP contribution in [0.25, 0.3) is 5.82 Å². The standard InChI is InChI=1S/C15H21N5/c1-3-13-6-4-5-10-19(13)14-7-8-15(17-16-14)20-11-9-12(2)18-20/h7-9,11,13H,3-6,10H2,1-2H3. The molecule has 1 fully saturated rings. The number of hydrogen-bond acceptors (Lipinski definition) is 4. The van der Waals surface area contributed by atoms with Crippen molar-refractivity contribution < 1.29 is 0 Å². The maximum absolute atomic E-state index is 4.40. The van der Waals surface area contributed by atoms with Gasteiger partial charge in [0, 0.05) is 18.8 Å². The van der Waals surface area contributed by atoms with Crippen molar-refractivity contribution in [3.05, 3.63) is 30.1 Å². The van der Waals surface area contributed by atoms with E-state index in [0.29, 0.717) is 6.04 Å². The molecule has 1 aliphatic rings. The molecule has 5 heteroatoms. The Morgan fingerprint density at radius 1 is 1.15 bits per heavy atom. The molecule has 2 aromatic heterocycles. The van der Waals surface area contributed by atoms with E-state index in [-0.39, 0.29) is 0 Å². The van der Waals surface area contributed by atoms with Crippen molar-refractivity contribution in [2.45, 2.75) is 45.6 Å². The normalized spacial score (nSPS) is 19.3. The minimum atomic E-state index is 0.607. The summed E-state index contributed by atoms with van der Waals surface area (Å²) in [7, 11) is 0. The summed E-state index contributed by atoms with van der Waals surface area (Å²) in [5, 5.41) is 13.1. The molecule has 0 aliphatic carbocycles. The second kappa shape index (κ2) is 5.61. The number of nitrogens with zero attached hydrogens (tertiary/aromatic N) is 5. The topological polar surface area (TPSA) is 46.8 Å². The molecule has 3 heterocycles. The second-order valence-corrected chi connectivity index (χ2v) is 5.40. The third-order valence-electron chi connectivity index (χ3n) is 3.99. The predicted molar refractivity (Wildman–Crippen MR) is 79.2 cm³/mol. The summed E-state index contributed by atoms with van der Waals surface area (Å²) in [6.45, 7) is 5.31. The number of piperidine rings is 1. The van der Waals surface area contributed by atoms with Crippen LogP contribution in [0.1, 0.15) is 38.3 Å². The van der Waals surface area contributed by atoms with Crippen LogP contribution in [0.5, 0.6) is 0 Å². The number of rotatable bonds is 3. The number of aromatic nitrogens is 4. The third kappa shape index (κ3) is 2.53. The fraction of sp³-hybridized carbons (Fsp3) is 0.533. The van der Waals surface area contributed by atoms with Crippen molar-refractivity contribution in [1.82, 2.24) is 20.0 Å². The fourth-order valence-corrected chi connectivity index (χ4v) is 2.86. The quantitative estimate of drug-likeness (QED) is 0.861. The Balaban J connectivity index is 1.81. The van der Waals surface area contributed by atoms with Gasteiger partial charge in [0.15, 0.2) is 11.6 Å². The van der Waals surface area contributed by atoms with Gasteiger partial charge in [-0.1, -0.05) is 6.92 Å². The molecule has 3 rings (SSSR count). The first-order valence-electron chi connectivity index (χ1n) is 7.41. The molecular weight excluding hydrogens is 250 g/mol. The average Bonchev–Trinajstić information content (AvgIpc) is 2.94. The predicted octanol–water partition coefficient (Wildman–Crippen LogP) is 2.74. The molecule has 1 atom stereocenters. The average molecular weight is 271 g/mol. The molecule has 5 nitrogen and oxygen atoms in total. The lowest BCUT2D eigenvalue weighted by atomic mass is 10.0. The summed E-state index contributed by atoms with van der Waals surface area (Å²) >= 11 is 0. The van der Waals surface area contributed by atoms with Crippen LogP contribution in [0, 0.1) is 6.92 Å². The van der Waals surface area contributed by atoms with Gasteiger partial charge in [0.05, 0.1) is 5.69 Å². The SMILES string of the molecule is CCC1CCCCN1c1ccc(-n2ccc(C)n2)nn1. The van der Waals surface area contributed by atoms with Crippen molar-refractivity contribution >= 4 is 5.82 Å². The zero-order valence-corrected chi connectivity index (χ0v) is 12.2. The van der Waals surface area contributed by atoms with Crippen LogP contribution in [-0.2, 0) is 0 Å². The van der Waals surface area contributed by atoms with Gasteiger partial charge in [-0.2, -0.15) is 5.10 Å². The molecule has 1 aliphatic heterocycles. The maximum atomic E-state index is 4.40. The van der Waals surface area contributed by atoms with E-state index in [1.54, 1.807) is 4.68 Å². The van der Waals surface area contributed by atoms with E-state index in [4.69, 9.17) is 0 Å². The Morgan fingerprint density at radius 2 is 1.95 bits per heavy atom. The molecule has 2 aromatic rings. The van der Waals surface area contributed by atoms with Crippen molar-refractivity contribution in [3.8, 4) is 5.82 Å². The Kier molecular flexibility index (Phi) is 3.67. The largest absolute Gasteiger partial charge is 0.352 e. The van der Waals surface area contributed by atoms with E-state index in [0.717, 1.165) is 23.9 Å². The molecule has 0 N–H and O–H groups in total. The van der Waals surface area contributed by atoms with Crippen molar-refractivity contribution in [2.24, 2.45) is 0 Å². The van der Waals surface area contributed by atoms with Crippen LogP contribution in [0.15, 0.2) is 24.4 Å². The molecule has 20 heavy (non-hydrogen) atoms. The molecule has 0 spiro atoms. The third-order valence-corrected chi connectivity index (χ3v) is 3.99. The molecule has 1 saturated heterocycles. The smallest absolute Gasteiger partial charge is 0.175 e. The van der Waals surface area contributed by atoms with Crippen molar-refractivity contribution in [1.29, 1.82) is 0 Å². The molecule has 0 radical (unpaired) electrons. The Hall–Kier alpha value is -1.91. The summed E-state index contributed by atoms with van der Waals surface area (Å²) in [6, 6.07) is 6.63. The highest BCUT2D eigenvalue weighted by atomic mass is 15.4. The number of aryl methyl sites for hydroxylation is 1. The summed E-state index contributed by atoms with van der Waals surface area (Å²) < 4.78 is 1.76. The minimum absolute atomic E-state index is 0.607. The summed E-state index contributed by atoms with van der Waals surface area (Å²) in [5.74, 6) is 1.76. The first-order valence-corrected chi connectivity index (χ1v) is 7.41. The monoisotopic (exact) mass is 271 g/mol. The molecule has 0 amide bonds. The second-order valence-electron chi connectivity index (χ2n) is 5.40. The number of anilines is 1. The van der Waals surface area contributed by atoms with Gasteiger partial charge in [0.2, 0.25) is 0 Å². The Labute approximate surface area is 119 Å². The van der Waals surface area contributed by atoms with Crippen LogP contribution < -0.4 is 4.90 Å².